The smallest absolute Gasteiger partial charge is 0.214 e. The molecule has 0 bridgehead atoms. The van der Waals surface area contributed by atoms with E-state index in [0.29, 0.717) is 26.1 Å². The Labute approximate surface area is 92.9 Å². The molecule has 0 saturated carbocycles. The van der Waals surface area contributed by atoms with Crippen LogP contribution in [0.5, 0.6) is 0 Å². The van der Waals surface area contributed by atoms with Gasteiger partial charge in [-0.25, -0.2) is 12.7 Å². The van der Waals surface area contributed by atoms with Crippen LogP contribution in [-0.2, 0) is 10.0 Å². The largest absolute Gasteiger partial charge is 0.330 e. The van der Waals surface area contributed by atoms with E-state index in [1.165, 1.54) is 0 Å². The van der Waals surface area contributed by atoms with Gasteiger partial charge in [-0.05, 0) is 32.2 Å². The topological polar surface area (TPSA) is 63.4 Å². The van der Waals surface area contributed by atoms with Gasteiger partial charge in [-0.1, -0.05) is 12.8 Å². The Kier molecular flexibility index (Phi) is 5.56. The first-order valence-electron chi connectivity index (χ1n) is 5.85. The Morgan fingerprint density at radius 3 is 2.13 bits per heavy atom. The zero-order chi connectivity index (χ0) is 11.1. The molecule has 15 heavy (non-hydrogen) atoms. The molecule has 0 unspecified atom stereocenters. The first-order chi connectivity index (χ1) is 7.17. The zero-order valence-electron chi connectivity index (χ0n) is 9.32. The quantitative estimate of drug-likeness (QED) is 0.720. The lowest BCUT2D eigenvalue weighted by molar-refractivity contribution is 0.422. The third-order valence-corrected chi connectivity index (χ3v) is 4.77. The number of nitrogens with two attached hydrogens (primary N) is 1. The van der Waals surface area contributed by atoms with Gasteiger partial charge in [0, 0.05) is 13.1 Å². The minimum absolute atomic E-state index is 0.268. The number of hydrogen-bond donors (Lipinski definition) is 1. The average Bonchev–Trinajstić information content (AvgIpc) is 2.46. The van der Waals surface area contributed by atoms with E-state index < -0.39 is 10.0 Å². The summed E-state index contributed by atoms with van der Waals surface area (Å²) >= 11 is 0. The molecule has 0 atom stereocenters. The van der Waals surface area contributed by atoms with Gasteiger partial charge in [0.15, 0.2) is 0 Å². The summed E-state index contributed by atoms with van der Waals surface area (Å²) in [5.74, 6) is 0.268. The molecule has 1 rings (SSSR count). The summed E-state index contributed by atoms with van der Waals surface area (Å²) in [6.07, 6.45) is 5.83. The first kappa shape index (κ1) is 12.9. The molecule has 0 radical (unpaired) electrons. The average molecular weight is 234 g/mol. The van der Waals surface area contributed by atoms with Crippen molar-refractivity contribution in [1.29, 1.82) is 0 Å². The number of rotatable bonds is 5. The van der Waals surface area contributed by atoms with E-state index in [0.717, 1.165) is 32.1 Å². The molecule has 0 aromatic heterocycles. The molecule has 1 aliphatic rings. The highest BCUT2D eigenvalue weighted by molar-refractivity contribution is 7.89. The summed E-state index contributed by atoms with van der Waals surface area (Å²) in [5, 5.41) is 0. The van der Waals surface area contributed by atoms with Crippen molar-refractivity contribution in [2.75, 3.05) is 25.4 Å². The van der Waals surface area contributed by atoms with Gasteiger partial charge in [-0.3, -0.25) is 0 Å². The fraction of sp³-hybridized carbons (Fsp3) is 1.00. The van der Waals surface area contributed by atoms with Crippen LogP contribution in [0.15, 0.2) is 0 Å². The second-order valence-corrected chi connectivity index (χ2v) is 6.21. The molecule has 0 amide bonds. The molecule has 0 spiro atoms. The summed E-state index contributed by atoms with van der Waals surface area (Å²) in [6, 6.07) is 0. The molecular formula is C10H22N2O2S. The van der Waals surface area contributed by atoms with Crippen LogP contribution in [-0.4, -0.2) is 38.1 Å². The van der Waals surface area contributed by atoms with Crippen molar-refractivity contribution >= 4 is 10.0 Å². The Morgan fingerprint density at radius 1 is 1.00 bits per heavy atom. The SMILES string of the molecule is NCCCCS(=O)(=O)N1CCCCCC1. The van der Waals surface area contributed by atoms with Crippen LogP contribution in [0.4, 0.5) is 0 Å². The van der Waals surface area contributed by atoms with Gasteiger partial charge < -0.3 is 5.73 Å². The van der Waals surface area contributed by atoms with Gasteiger partial charge in [0.25, 0.3) is 0 Å². The lowest BCUT2D eigenvalue weighted by atomic mass is 10.2. The highest BCUT2D eigenvalue weighted by Gasteiger charge is 2.21. The van der Waals surface area contributed by atoms with Crippen molar-refractivity contribution in [2.24, 2.45) is 5.73 Å². The van der Waals surface area contributed by atoms with Crippen LogP contribution in [0.3, 0.4) is 0 Å². The molecule has 0 aromatic rings. The molecule has 4 nitrogen and oxygen atoms in total. The normalized spacial score (nSPS) is 20.1. The minimum Gasteiger partial charge on any atom is -0.330 e. The van der Waals surface area contributed by atoms with Crippen LogP contribution in [0.1, 0.15) is 38.5 Å². The summed E-state index contributed by atoms with van der Waals surface area (Å²) in [4.78, 5) is 0. The van der Waals surface area contributed by atoms with Gasteiger partial charge in [0.2, 0.25) is 10.0 Å². The second kappa shape index (κ2) is 6.45. The zero-order valence-corrected chi connectivity index (χ0v) is 10.1. The lowest BCUT2D eigenvalue weighted by Crippen LogP contribution is -2.33. The third kappa shape index (κ3) is 4.49. The van der Waals surface area contributed by atoms with Crippen LogP contribution in [0, 0.1) is 0 Å². The Hall–Kier alpha value is -0.130. The molecule has 2 N–H and O–H groups in total. The van der Waals surface area contributed by atoms with Crippen molar-refractivity contribution in [1.82, 2.24) is 4.31 Å². The monoisotopic (exact) mass is 234 g/mol. The number of nitrogens with zero attached hydrogens (tertiary/aromatic N) is 1. The van der Waals surface area contributed by atoms with Gasteiger partial charge in [-0.2, -0.15) is 0 Å². The summed E-state index contributed by atoms with van der Waals surface area (Å²) in [6.45, 7) is 2.01. The summed E-state index contributed by atoms with van der Waals surface area (Å²) in [7, 11) is -3.00. The summed E-state index contributed by atoms with van der Waals surface area (Å²) in [5.41, 5.74) is 5.35. The fourth-order valence-electron chi connectivity index (χ4n) is 1.88. The lowest BCUT2D eigenvalue weighted by Gasteiger charge is -2.19. The molecule has 0 aromatic carbocycles. The van der Waals surface area contributed by atoms with E-state index in [-0.39, 0.29) is 5.75 Å². The van der Waals surface area contributed by atoms with Crippen LogP contribution >= 0.6 is 0 Å². The van der Waals surface area contributed by atoms with Crippen molar-refractivity contribution in [3.63, 3.8) is 0 Å². The first-order valence-corrected chi connectivity index (χ1v) is 7.45. The molecular weight excluding hydrogens is 212 g/mol. The molecule has 0 aliphatic carbocycles. The van der Waals surface area contributed by atoms with Crippen molar-refractivity contribution in [3.05, 3.63) is 0 Å². The molecule has 5 heteroatoms. The maximum absolute atomic E-state index is 11.9. The van der Waals surface area contributed by atoms with E-state index in [2.05, 4.69) is 0 Å². The van der Waals surface area contributed by atoms with Crippen LogP contribution < -0.4 is 5.73 Å². The van der Waals surface area contributed by atoms with E-state index in [4.69, 9.17) is 5.73 Å². The molecule has 1 saturated heterocycles. The number of hydrogen-bond acceptors (Lipinski definition) is 3. The third-order valence-electron chi connectivity index (χ3n) is 2.81. The Bertz CT molecular complexity index is 257. The van der Waals surface area contributed by atoms with Gasteiger partial charge >= 0.3 is 0 Å². The molecule has 90 valence electrons. The Balaban J connectivity index is 2.43. The molecule has 1 heterocycles. The van der Waals surface area contributed by atoms with Crippen LogP contribution in [0.25, 0.3) is 0 Å². The fourth-order valence-corrected chi connectivity index (χ4v) is 3.52. The Morgan fingerprint density at radius 2 is 1.60 bits per heavy atom. The van der Waals surface area contributed by atoms with E-state index in [1.807, 2.05) is 0 Å². The highest BCUT2D eigenvalue weighted by atomic mass is 32.2. The highest BCUT2D eigenvalue weighted by Crippen LogP contribution is 2.14. The summed E-state index contributed by atoms with van der Waals surface area (Å²) < 4.78 is 25.5. The molecule has 1 aliphatic heterocycles. The second-order valence-electron chi connectivity index (χ2n) is 4.13. The van der Waals surface area contributed by atoms with Crippen molar-refractivity contribution in [2.45, 2.75) is 38.5 Å². The predicted molar refractivity (Wildman–Crippen MR) is 62.1 cm³/mol. The number of unbranched alkanes of at least 4 members (excludes halogenated alkanes) is 1. The maximum atomic E-state index is 11.9. The minimum atomic E-state index is -3.00. The van der Waals surface area contributed by atoms with Crippen molar-refractivity contribution < 1.29 is 8.42 Å². The van der Waals surface area contributed by atoms with E-state index >= 15 is 0 Å². The predicted octanol–water partition coefficient (Wildman–Crippen LogP) is 0.931. The molecule has 1 fully saturated rings. The van der Waals surface area contributed by atoms with Gasteiger partial charge in [0.1, 0.15) is 0 Å². The van der Waals surface area contributed by atoms with E-state index in [9.17, 15) is 8.42 Å². The van der Waals surface area contributed by atoms with Crippen molar-refractivity contribution in [3.8, 4) is 0 Å². The van der Waals surface area contributed by atoms with Crippen LogP contribution in [0.2, 0.25) is 0 Å². The van der Waals surface area contributed by atoms with Gasteiger partial charge in [-0.15, -0.1) is 0 Å². The standard InChI is InChI=1S/C10H22N2O2S/c11-7-3-6-10-15(13,14)12-8-4-1-2-5-9-12/h1-11H2. The van der Waals surface area contributed by atoms with Gasteiger partial charge in [0.05, 0.1) is 5.75 Å². The number of sulfonamides is 1. The van der Waals surface area contributed by atoms with E-state index in [1.54, 1.807) is 4.31 Å². The maximum Gasteiger partial charge on any atom is 0.214 e.